The Kier molecular flexibility index (Phi) is 6.96. The Morgan fingerprint density at radius 1 is 1.22 bits per heavy atom. The van der Waals surface area contributed by atoms with E-state index in [1.807, 2.05) is 13.0 Å². The molecule has 4 aliphatic carbocycles. The molecular weight excluding hydrogens is 498 g/mol. The quantitative estimate of drug-likeness (QED) is 0.362. The Hall–Kier alpha value is -2.65. The van der Waals surface area contributed by atoms with Crippen molar-refractivity contribution in [1.29, 1.82) is 0 Å². The Labute approximate surface area is 219 Å². The molecule has 3 amide bonds. The summed E-state index contributed by atoms with van der Waals surface area (Å²) in [6.45, 7) is 1.92. The van der Waals surface area contributed by atoms with Crippen molar-refractivity contribution in [2.45, 2.75) is 75.9 Å². The molecule has 2 aromatic heterocycles. The van der Waals surface area contributed by atoms with Crippen molar-refractivity contribution in [3.63, 3.8) is 0 Å². The van der Waals surface area contributed by atoms with Crippen LogP contribution in [0.25, 0.3) is 0 Å². The van der Waals surface area contributed by atoms with E-state index in [4.69, 9.17) is 17.3 Å². The molecule has 0 radical (unpaired) electrons. The third-order valence-electron chi connectivity index (χ3n) is 7.83. The summed E-state index contributed by atoms with van der Waals surface area (Å²) < 4.78 is 0. The fourth-order valence-electron chi connectivity index (χ4n) is 5.78. The highest BCUT2D eigenvalue weighted by molar-refractivity contribution is 7.14. The van der Waals surface area contributed by atoms with Gasteiger partial charge in [0, 0.05) is 16.6 Å². The molecule has 5 N–H and O–H groups in total. The first-order valence-corrected chi connectivity index (χ1v) is 13.9. The number of rotatable bonds is 10. The summed E-state index contributed by atoms with van der Waals surface area (Å²) in [5.41, 5.74) is 5.96. The van der Waals surface area contributed by atoms with Gasteiger partial charge in [0.25, 0.3) is 11.8 Å². The Morgan fingerprint density at radius 2 is 1.94 bits per heavy atom. The lowest BCUT2D eigenvalue weighted by atomic mass is 9.50. The standard InChI is InChI=1S/C26H32ClN5O3S/c1-14(30-18-9-17(27)13-29-22(18)23(28)33)20-6-7-21(36-20)25(35)31-19(8-15-4-2-3-5-15)24(34)32-26-10-16(11-26)12-26/h6-7,9,13-16,19,30H,2-5,8,10-12H2,1H3,(H2,28,33)(H,31,35)(H,32,34)/t14-,16?,19-,26?/m0/s1. The molecule has 192 valence electrons. The summed E-state index contributed by atoms with van der Waals surface area (Å²) in [4.78, 5) is 43.5. The summed E-state index contributed by atoms with van der Waals surface area (Å²) in [6, 6.07) is 4.49. The van der Waals surface area contributed by atoms with E-state index in [9.17, 15) is 14.4 Å². The number of hydrogen-bond acceptors (Lipinski definition) is 6. The second kappa shape index (κ2) is 10.0. The van der Waals surface area contributed by atoms with Crippen molar-refractivity contribution < 1.29 is 14.4 Å². The van der Waals surface area contributed by atoms with E-state index >= 15 is 0 Å². The molecule has 0 saturated heterocycles. The molecule has 2 aromatic rings. The molecule has 2 heterocycles. The average molecular weight is 530 g/mol. The van der Waals surface area contributed by atoms with Crippen molar-refractivity contribution in [1.82, 2.24) is 15.6 Å². The van der Waals surface area contributed by atoms with Gasteiger partial charge in [0.1, 0.15) is 6.04 Å². The van der Waals surface area contributed by atoms with Crippen LogP contribution < -0.4 is 21.7 Å². The first-order valence-electron chi connectivity index (χ1n) is 12.7. The van der Waals surface area contributed by atoms with Gasteiger partial charge >= 0.3 is 0 Å². The minimum atomic E-state index is -0.655. The molecule has 8 nitrogen and oxygen atoms in total. The SMILES string of the molecule is C[C@H](Nc1cc(Cl)cnc1C(N)=O)c1ccc(C(=O)N[C@@H](CC2CCCC2)C(=O)NC23CC(C2)C3)s1. The molecule has 0 unspecified atom stereocenters. The van der Waals surface area contributed by atoms with E-state index in [0.29, 0.717) is 27.9 Å². The molecule has 2 atom stereocenters. The molecule has 4 saturated carbocycles. The number of halogens is 1. The summed E-state index contributed by atoms with van der Waals surface area (Å²) >= 11 is 7.39. The number of nitrogens with zero attached hydrogens (tertiary/aromatic N) is 1. The van der Waals surface area contributed by atoms with Crippen molar-refractivity contribution >= 4 is 46.3 Å². The highest BCUT2D eigenvalue weighted by Gasteiger charge is 2.57. The largest absolute Gasteiger partial charge is 0.376 e. The predicted octanol–water partition coefficient (Wildman–Crippen LogP) is 4.42. The monoisotopic (exact) mass is 529 g/mol. The molecule has 6 rings (SSSR count). The molecule has 0 spiro atoms. The van der Waals surface area contributed by atoms with Gasteiger partial charge in [0.05, 0.1) is 21.6 Å². The van der Waals surface area contributed by atoms with Crippen molar-refractivity contribution in [3.8, 4) is 0 Å². The van der Waals surface area contributed by atoms with Gasteiger partial charge in [-0.05, 0) is 62.6 Å². The lowest BCUT2D eigenvalue weighted by Crippen LogP contribution is -2.70. The number of carbonyl (C=O) groups is 3. The number of anilines is 1. The average Bonchev–Trinajstić information content (AvgIpc) is 3.47. The maximum absolute atomic E-state index is 13.2. The Morgan fingerprint density at radius 3 is 2.58 bits per heavy atom. The highest BCUT2D eigenvalue weighted by Crippen LogP contribution is 2.57. The van der Waals surface area contributed by atoms with Crippen molar-refractivity contribution in [2.75, 3.05) is 5.32 Å². The number of nitrogens with one attached hydrogen (secondary N) is 3. The van der Waals surface area contributed by atoms with Crippen molar-refractivity contribution in [2.24, 2.45) is 17.6 Å². The number of pyridine rings is 1. The van der Waals surface area contributed by atoms with Crippen LogP contribution in [0, 0.1) is 11.8 Å². The minimum Gasteiger partial charge on any atom is -0.376 e. The summed E-state index contributed by atoms with van der Waals surface area (Å²) in [7, 11) is 0. The molecular formula is C26H32ClN5O3S. The number of aromatic nitrogens is 1. The van der Waals surface area contributed by atoms with Crippen LogP contribution in [0.4, 0.5) is 5.69 Å². The fourth-order valence-corrected chi connectivity index (χ4v) is 6.85. The maximum atomic E-state index is 13.2. The summed E-state index contributed by atoms with van der Waals surface area (Å²) in [5.74, 6) is 0.306. The summed E-state index contributed by atoms with van der Waals surface area (Å²) in [5, 5.41) is 9.88. The molecule has 0 aromatic carbocycles. The molecule has 0 aliphatic heterocycles. The number of carbonyl (C=O) groups excluding carboxylic acids is 3. The van der Waals surface area contributed by atoms with E-state index in [-0.39, 0.29) is 29.1 Å². The van der Waals surface area contributed by atoms with Crippen LogP contribution in [-0.4, -0.2) is 34.3 Å². The molecule has 2 bridgehead atoms. The van der Waals surface area contributed by atoms with Crippen LogP contribution in [0.2, 0.25) is 5.02 Å². The van der Waals surface area contributed by atoms with Crippen LogP contribution in [-0.2, 0) is 4.79 Å². The van der Waals surface area contributed by atoms with Crippen LogP contribution >= 0.6 is 22.9 Å². The van der Waals surface area contributed by atoms with Crippen LogP contribution in [0.3, 0.4) is 0 Å². The molecule has 36 heavy (non-hydrogen) atoms. The smallest absolute Gasteiger partial charge is 0.269 e. The predicted molar refractivity (Wildman–Crippen MR) is 140 cm³/mol. The maximum Gasteiger partial charge on any atom is 0.269 e. The number of hydrogen-bond donors (Lipinski definition) is 4. The van der Waals surface area contributed by atoms with Crippen LogP contribution in [0.5, 0.6) is 0 Å². The van der Waals surface area contributed by atoms with Gasteiger partial charge in [0.2, 0.25) is 5.91 Å². The zero-order chi connectivity index (χ0) is 25.4. The minimum absolute atomic E-state index is 0.0173. The summed E-state index contributed by atoms with van der Waals surface area (Å²) in [6.07, 6.45) is 9.89. The van der Waals surface area contributed by atoms with Gasteiger partial charge in [0.15, 0.2) is 5.69 Å². The second-order valence-electron chi connectivity index (χ2n) is 10.6. The lowest BCUT2D eigenvalue weighted by molar-refractivity contribution is -0.135. The highest BCUT2D eigenvalue weighted by atomic mass is 35.5. The van der Waals surface area contributed by atoms with Gasteiger partial charge in [-0.3, -0.25) is 14.4 Å². The van der Waals surface area contributed by atoms with Gasteiger partial charge < -0.3 is 21.7 Å². The first kappa shape index (κ1) is 25.0. The van der Waals surface area contributed by atoms with Gasteiger partial charge in [-0.1, -0.05) is 37.3 Å². The Bertz CT molecular complexity index is 1160. The third kappa shape index (κ3) is 5.22. The molecule has 4 fully saturated rings. The normalized spacial score (nSPS) is 24.2. The van der Waals surface area contributed by atoms with E-state index in [0.717, 1.165) is 42.9 Å². The number of amides is 3. The van der Waals surface area contributed by atoms with Gasteiger partial charge in [-0.2, -0.15) is 0 Å². The van der Waals surface area contributed by atoms with E-state index in [2.05, 4.69) is 20.9 Å². The topological polar surface area (TPSA) is 126 Å². The van der Waals surface area contributed by atoms with Crippen LogP contribution in [0.1, 0.15) is 89.4 Å². The zero-order valence-corrected chi connectivity index (χ0v) is 21.9. The zero-order valence-electron chi connectivity index (χ0n) is 20.3. The second-order valence-corrected chi connectivity index (χ2v) is 12.2. The van der Waals surface area contributed by atoms with Crippen molar-refractivity contribution in [3.05, 3.63) is 44.9 Å². The van der Waals surface area contributed by atoms with E-state index in [1.54, 1.807) is 12.1 Å². The lowest BCUT2D eigenvalue weighted by Gasteiger charge is -2.62. The molecule has 4 aliphatic rings. The van der Waals surface area contributed by atoms with E-state index < -0.39 is 11.9 Å². The first-order chi connectivity index (χ1) is 17.2. The molecule has 10 heteroatoms. The van der Waals surface area contributed by atoms with Gasteiger partial charge in [-0.25, -0.2) is 4.98 Å². The number of thiophene rings is 1. The fraction of sp³-hybridized carbons (Fsp3) is 0.538. The van der Waals surface area contributed by atoms with Crippen LogP contribution in [0.15, 0.2) is 24.4 Å². The number of primary amides is 1. The number of nitrogens with two attached hydrogens (primary N) is 1. The van der Waals surface area contributed by atoms with Gasteiger partial charge in [-0.15, -0.1) is 11.3 Å². The Balaban J connectivity index is 1.25. The third-order valence-corrected chi connectivity index (χ3v) is 9.30. The van der Waals surface area contributed by atoms with E-state index in [1.165, 1.54) is 30.4 Å².